The predicted molar refractivity (Wildman–Crippen MR) is 87.3 cm³/mol. The van der Waals surface area contributed by atoms with Crippen molar-refractivity contribution in [2.75, 3.05) is 5.32 Å². The summed E-state index contributed by atoms with van der Waals surface area (Å²) in [7, 11) is 0. The molecule has 0 aromatic heterocycles. The quantitative estimate of drug-likeness (QED) is 0.674. The van der Waals surface area contributed by atoms with Gasteiger partial charge in [0.1, 0.15) is 0 Å². The van der Waals surface area contributed by atoms with E-state index in [2.05, 4.69) is 40.3 Å². The van der Waals surface area contributed by atoms with E-state index in [0.717, 1.165) is 16.6 Å². The van der Waals surface area contributed by atoms with Crippen molar-refractivity contribution >= 4 is 44.8 Å². The van der Waals surface area contributed by atoms with E-state index in [1.165, 1.54) is 5.56 Å². The van der Waals surface area contributed by atoms with Gasteiger partial charge in [0.15, 0.2) is 0 Å². The molecule has 0 aliphatic carbocycles. The molecule has 2 aromatic rings. The minimum atomic E-state index is 0.229. The largest absolute Gasteiger partial charge is 0.378 e. The van der Waals surface area contributed by atoms with Gasteiger partial charge in [-0.2, -0.15) is 0 Å². The van der Waals surface area contributed by atoms with Gasteiger partial charge in [0.25, 0.3) is 0 Å². The summed E-state index contributed by atoms with van der Waals surface area (Å²) in [6.07, 6.45) is 0.973. The van der Waals surface area contributed by atoms with Crippen LogP contribution >= 0.6 is 39.1 Å². The third-order valence-electron chi connectivity index (χ3n) is 2.86. The second kappa shape index (κ2) is 6.65. The van der Waals surface area contributed by atoms with Gasteiger partial charge >= 0.3 is 0 Å². The van der Waals surface area contributed by atoms with Crippen molar-refractivity contribution in [3.63, 3.8) is 0 Å². The lowest BCUT2D eigenvalue weighted by molar-refractivity contribution is 0.749. The standard InChI is InChI=1S/C15H14BrCl2N/c1-2-15(10-4-3-5-11(16)6-10)19-14-8-12(17)7-13(18)9-14/h3-9,15,19H,2H2,1H3. The van der Waals surface area contributed by atoms with Crippen molar-refractivity contribution in [3.05, 3.63) is 62.5 Å². The van der Waals surface area contributed by atoms with Crippen LogP contribution in [-0.2, 0) is 0 Å². The van der Waals surface area contributed by atoms with Crippen molar-refractivity contribution < 1.29 is 0 Å². The highest BCUT2D eigenvalue weighted by atomic mass is 79.9. The van der Waals surface area contributed by atoms with Crippen LogP contribution in [0.3, 0.4) is 0 Å². The fraction of sp³-hybridized carbons (Fsp3) is 0.200. The second-order valence-corrected chi connectivity index (χ2v) is 6.11. The highest BCUT2D eigenvalue weighted by Crippen LogP contribution is 2.28. The van der Waals surface area contributed by atoms with E-state index < -0.39 is 0 Å². The number of benzene rings is 2. The summed E-state index contributed by atoms with van der Waals surface area (Å²) in [5.41, 5.74) is 2.16. The normalized spacial score (nSPS) is 12.2. The monoisotopic (exact) mass is 357 g/mol. The molecule has 1 unspecified atom stereocenters. The Kier molecular flexibility index (Phi) is 5.14. The van der Waals surface area contributed by atoms with Crippen LogP contribution in [0.15, 0.2) is 46.9 Å². The molecule has 0 amide bonds. The summed E-state index contributed by atoms with van der Waals surface area (Å²) < 4.78 is 1.08. The number of nitrogens with one attached hydrogen (secondary N) is 1. The van der Waals surface area contributed by atoms with E-state index in [0.29, 0.717) is 10.0 Å². The predicted octanol–water partition coefficient (Wildman–Crippen LogP) is 6.32. The van der Waals surface area contributed by atoms with Gasteiger partial charge in [-0.1, -0.05) is 58.2 Å². The van der Waals surface area contributed by atoms with E-state index in [-0.39, 0.29) is 6.04 Å². The van der Waals surface area contributed by atoms with Crippen LogP contribution in [0.25, 0.3) is 0 Å². The summed E-state index contributed by atoms with van der Waals surface area (Å²) >= 11 is 15.5. The molecule has 0 heterocycles. The van der Waals surface area contributed by atoms with Crippen LogP contribution in [0.5, 0.6) is 0 Å². The fourth-order valence-electron chi connectivity index (χ4n) is 1.98. The molecule has 0 aliphatic heterocycles. The molecule has 0 bridgehead atoms. The Labute approximate surface area is 132 Å². The van der Waals surface area contributed by atoms with E-state index in [4.69, 9.17) is 23.2 Å². The third-order valence-corrected chi connectivity index (χ3v) is 3.79. The molecule has 0 saturated carbocycles. The molecule has 2 rings (SSSR count). The van der Waals surface area contributed by atoms with Crippen LogP contribution in [0.4, 0.5) is 5.69 Å². The Morgan fingerprint density at radius 2 is 1.79 bits per heavy atom. The molecule has 0 radical (unpaired) electrons. The van der Waals surface area contributed by atoms with Gasteiger partial charge in [0, 0.05) is 20.2 Å². The molecule has 4 heteroatoms. The lowest BCUT2D eigenvalue weighted by Crippen LogP contribution is -2.09. The van der Waals surface area contributed by atoms with E-state index in [1.54, 1.807) is 6.07 Å². The van der Waals surface area contributed by atoms with Crippen LogP contribution in [0.1, 0.15) is 24.9 Å². The molecular weight excluding hydrogens is 345 g/mol. The highest BCUT2D eigenvalue weighted by molar-refractivity contribution is 9.10. The summed E-state index contributed by atoms with van der Waals surface area (Å²) in [5, 5.41) is 4.74. The van der Waals surface area contributed by atoms with E-state index >= 15 is 0 Å². The first-order valence-electron chi connectivity index (χ1n) is 6.06. The molecule has 1 nitrogen and oxygen atoms in total. The van der Waals surface area contributed by atoms with E-state index in [9.17, 15) is 0 Å². The number of hydrogen-bond acceptors (Lipinski definition) is 1. The lowest BCUT2D eigenvalue weighted by atomic mass is 10.0. The maximum Gasteiger partial charge on any atom is 0.0511 e. The van der Waals surface area contributed by atoms with Gasteiger partial charge in [-0.25, -0.2) is 0 Å². The first-order valence-corrected chi connectivity index (χ1v) is 7.61. The van der Waals surface area contributed by atoms with Crippen LogP contribution in [0, 0.1) is 0 Å². The first-order chi connectivity index (χ1) is 9.08. The fourth-order valence-corrected chi connectivity index (χ4v) is 2.93. The maximum atomic E-state index is 6.02. The van der Waals surface area contributed by atoms with Gasteiger partial charge in [0.05, 0.1) is 6.04 Å². The smallest absolute Gasteiger partial charge is 0.0511 e. The lowest BCUT2D eigenvalue weighted by Gasteiger charge is -2.19. The molecule has 0 spiro atoms. The Balaban J connectivity index is 2.23. The minimum Gasteiger partial charge on any atom is -0.378 e. The van der Waals surface area contributed by atoms with Crippen molar-refractivity contribution in [3.8, 4) is 0 Å². The number of rotatable bonds is 4. The molecule has 0 aliphatic rings. The van der Waals surface area contributed by atoms with E-state index in [1.807, 2.05) is 24.3 Å². The highest BCUT2D eigenvalue weighted by Gasteiger charge is 2.10. The zero-order chi connectivity index (χ0) is 13.8. The minimum absolute atomic E-state index is 0.229. The zero-order valence-electron chi connectivity index (χ0n) is 10.5. The topological polar surface area (TPSA) is 12.0 Å². The van der Waals surface area contributed by atoms with Crippen molar-refractivity contribution in [2.45, 2.75) is 19.4 Å². The maximum absolute atomic E-state index is 6.02. The van der Waals surface area contributed by atoms with Crippen molar-refractivity contribution in [2.24, 2.45) is 0 Å². The summed E-state index contributed by atoms with van der Waals surface area (Å²) in [5.74, 6) is 0. The molecule has 1 N–H and O–H groups in total. The van der Waals surface area contributed by atoms with Crippen LogP contribution < -0.4 is 5.32 Å². The number of halogens is 3. The summed E-state index contributed by atoms with van der Waals surface area (Å²) in [4.78, 5) is 0. The van der Waals surface area contributed by atoms with Crippen LogP contribution in [0.2, 0.25) is 10.0 Å². The van der Waals surface area contributed by atoms with Gasteiger partial charge in [-0.3, -0.25) is 0 Å². The Hall–Kier alpha value is -0.700. The number of hydrogen-bond donors (Lipinski definition) is 1. The van der Waals surface area contributed by atoms with Gasteiger partial charge < -0.3 is 5.32 Å². The Bertz CT molecular complexity index is 552. The second-order valence-electron chi connectivity index (χ2n) is 4.32. The molecule has 19 heavy (non-hydrogen) atoms. The molecule has 100 valence electrons. The third kappa shape index (κ3) is 4.13. The van der Waals surface area contributed by atoms with Gasteiger partial charge in [-0.15, -0.1) is 0 Å². The Morgan fingerprint density at radius 1 is 1.11 bits per heavy atom. The van der Waals surface area contributed by atoms with Gasteiger partial charge in [-0.05, 0) is 42.3 Å². The molecular formula is C15H14BrCl2N. The number of anilines is 1. The molecule has 0 fully saturated rings. The average molecular weight is 359 g/mol. The average Bonchev–Trinajstić information content (AvgIpc) is 2.34. The summed E-state index contributed by atoms with van der Waals surface area (Å²) in [6.45, 7) is 2.14. The van der Waals surface area contributed by atoms with Crippen molar-refractivity contribution in [1.82, 2.24) is 0 Å². The molecule has 0 saturated heterocycles. The zero-order valence-corrected chi connectivity index (χ0v) is 13.6. The first kappa shape index (κ1) is 14.7. The summed E-state index contributed by atoms with van der Waals surface area (Å²) in [6, 6.07) is 14.0. The van der Waals surface area contributed by atoms with Crippen molar-refractivity contribution in [1.29, 1.82) is 0 Å². The molecule has 1 atom stereocenters. The van der Waals surface area contributed by atoms with Crippen LogP contribution in [-0.4, -0.2) is 0 Å². The molecule has 2 aromatic carbocycles. The Morgan fingerprint density at radius 3 is 2.37 bits per heavy atom. The SMILES string of the molecule is CCC(Nc1cc(Cl)cc(Cl)c1)c1cccc(Br)c1. The van der Waals surface area contributed by atoms with Gasteiger partial charge in [0.2, 0.25) is 0 Å².